The number of benzene rings is 1. The van der Waals surface area contributed by atoms with E-state index in [0.717, 1.165) is 17.1 Å². The maximum atomic E-state index is 9.03. The molecule has 0 bridgehead atoms. The van der Waals surface area contributed by atoms with Gasteiger partial charge in [-0.1, -0.05) is 23.7 Å². The lowest BCUT2D eigenvalue weighted by Gasteiger charge is -2.39. The van der Waals surface area contributed by atoms with Gasteiger partial charge in [0.15, 0.2) is 0 Å². The third-order valence-electron chi connectivity index (χ3n) is 3.25. The summed E-state index contributed by atoms with van der Waals surface area (Å²) in [4.78, 5) is 2.25. The Bertz CT molecular complexity index is 374. The molecule has 2 atom stereocenters. The van der Waals surface area contributed by atoms with Crippen LogP contribution < -0.4 is 0 Å². The fraction of sp³-hybridized carbons (Fsp3) is 0.538. The predicted molar refractivity (Wildman–Crippen MR) is 75.5 cm³/mol. The van der Waals surface area contributed by atoms with Crippen molar-refractivity contribution in [2.45, 2.75) is 19.1 Å². The van der Waals surface area contributed by atoms with E-state index in [-0.39, 0.29) is 31.2 Å². The summed E-state index contributed by atoms with van der Waals surface area (Å²) in [7, 11) is 0. The number of ether oxygens (including phenoxy) is 1. The van der Waals surface area contributed by atoms with Gasteiger partial charge >= 0.3 is 0 Å². The van der Waals surface area contributed by atoms with Gasteiger partial charge in [0.05, 0.1) is 19.3 Å². The minimum atomic E-state index is 0. The normalized spacial score (nSPS) is 24.6. The Kier molecular flexibility index (Phi) is 6.39. The van der Waals surface area contributed by atoms with E-state index in [1.165, 1.54) is 0 Å². The number of hydrogen-bond donors (Lipinski definition) is 1. The molecule has 0 amide bonds. The Morgan fingerprint density at radius 1 is 1.50 bits per heavy atom. The Hall–Kier alpha value is -0.320. The smallest absolute Gasteiger partial charge is 0.0978 e. The molecule has 1 aromatic rings. The fourth-order valence-electron chi connectivity index (χ4n) is 2.33. The molecule has 2 rings (SSSR count). The molecule has 0 aromatic heterocycles. The highest BCUT2D eigenvalue weighted by Crippen LogP contribution is 2.29. The standard InChI is InChI=1S/C13H18ClNO2.ClH/c1-10-13(11-3-2-4-12(14)9-11)17-8-6-15(10)5-7-16;/h2-4,9-10,13,16H,5-8H2,1H3;1H. The van der Waals surface area contributed by atoms with Crippen LogP contribution in [0.4, 0.5) is 0 Å². The second-order valence-electron chi connectivity index (χ2n) is 4.35. The van der Waals surface area contributed by atoms with Gasteiger partial charge in [0, 0.05) is 24.2 Å². The third-order valence-corrected chi connectivity index (χ3v) is 3.49. The molecule has 0 radical (unpaired) electrons. The van der Waals surface area contributed by atoms with E-state index < -0.39 is 0 Å². The summed E-state index contributed by atoms with van der Waals surface area (Å²) in [6, 6.07) is 8.05. The number of morpholine rings is 1. The predicted octanol–water partition coefficient (Wildman–Crippen LogP) is 2.52. The molecule has 1 fully saturated rings. The van der Waals surface area contributed by atoms with Gasteiger partial charge < -0.3 is 9.84 Å². The van der Waals surface area contributed by atoms with Crippen LogP contribution in [0.3, 0.4) is 0 Å². The molecule has 1 aromatic carbocycles. The molecule has 1 saturated heterocycles. The SMILES string of the molecule is CC1C(c2cccc(Cl)c2)OCCN1CCO.Cl. The van der Waals surface area contributed by atoms with Crippen molar-refractivity contribution < 1.29 is 9.84 Å². The number of rotatable bonds is 3. The number of β-amino-alcohol motifs (C(OH)–C–C–N with tert-alkyl or cyclic N) is 1. The van der Waals surface area contributed by atoms with Crippen LogP contribution in [0.15, 0.2) is 24.3 Å². The average Bonchev–Trinajstić information content (AvgIpc) is 2.32. The van der Waals surface area contributed by atoms with Crippen LogP contribution in [0.1, 0.15) is 18.6 Å². The van der Waals surface area contributed by atoms with Crippen molar-refractivity contribution in [1.29, 1.82) is 0 Å². The van der Waals surface area contributed by atoms with Crippen molar-refractivity contribution in [3.8, 4) is 0 Å². The van der Waals surface area contributed by atoms with E-state index in [9.17, 15) is 0 Å². The Balaban J connectivity index is 0.00000162. The summed E-state index contributed by atoms with van der Waals surface area (Å²) in [5, 5.41) is 9.77. The first kappa shape index (κ1) is 15.7. The Labute approximate surface area is 119 Å². The van der Waals surface area contributed by atoms with E-state index in [0.29, 0.717) is 13.2 Å². The van der Waals surface area contributed by atoms with Crippen LogP contribution in [0, 0.1) is 0 Å². The van der Waals surface area contributed by atoms with Crippen molar-refractivity contribution in [2.75, 3.05) is 26.3 Å². The van der Waals surface area contributed by atoms with E-state index in [2.05, 4.69) is 11.8 Å². The average molecular weight is 292 g/mol. The molecule has 5 heteroatoms. The van der Waals surface area contributed by atoms with Gasteiger partial charge in [-0.15, -0.1) is 12.4 Å². The molecule has 1 N–H and O–H groups in total. The molecule has 1 aliphatic heterocycles. The largest absolute Gasteiger partial charge is 0.395 e. The quantitative estimate of drug-likeness (QED) is 0.929. The lowest BCUT2D eigenvalue weighted by atomic mass is 10.0. The van der Waals surface area contributed by atoms with Gasteiger partial charge in [0.2, 0.25) is 0 Å². The summed E-state index contributed by atoms with van der Waals surface area (Å²) >= 11 is 6.00. The van der Waals surface area contributed by atoms with Crippen LogP contribution in [-0.4, -0.2) is 42.4 Å². The Morgan fingerprint density at radius 2 is 2.28 bits per heavy atom. The number of aliphatic hydroxyl groups is 1. The summed E-state index contributed by atoms with van der Waals surface area (Å²) in [6.07, 6.45) is 0.0361. The Morgan fingerprint density at radius 3 is 2.94 bits per heavy atom. The first-order valence-corrected chi connectivity index (χ1v) is 6.32. The molecule has 1 heterocycles. The van der Waals surface area contributed by atoms with Crippen LogP contribution in [0.25, 0.3) is 0 Å². The zero-order valence-corrected chi connectivity index (χ0v) is 12.0. The van der Waals surface area contributed by atoms with Gasteiger partial charge in [-0.3, -0.25) is 4.90 Å². The molecular weight excluding hydrogens is 273 g/mol. The molecule has 0 saturated carbocycles. The zero-order chi connectivity index (χ0) is 12.3. The highest BCUT2D eigenvalue weighted by atomic mass is 35.5. The zero-order valence-electron chi connectivity index (χ0n) is 10.4. The molecule has 1 aliphatic rings. The summed E-state index contributed by atoms with van der Waals surface area (Å²) in [6.45, 7) is 4.58. The van der Waals surface area contributed by atoms with E-state index in [1.54, 1.807) is 0 Å². The minimum Gasteiger partial charge on any atom is -0.395 e. The fourth-order valence-corrected chi connectivity index (χ4v) is 2.53. The van der Waals surface area contributed by atoms with Crippen molar-refractivity contribution >= 4 is 24.0 Å². The van der Waals surface area contributed by atoms with Crippen molar-refractivity contribution in [1.82, 2.24) is 4.90 Å². The first-order valence-electron chi connectivity index (χ1n) is 5.94. The van der Waals surface area contributed by atoms with Crippen molar-refractivity contribution in [2.24, 2.45) is 0 Å². The third kappa shape index (κ3) is 3.59. The summed E-state index contributed by atoms with van der Waals surface area (Å²) in [5.41, 5.74) is 1.10. The second kappa shape index (κ2) is 7.31. The minimum absolute atomic E-state index is 0. The van der Waals surface area contributed by atoms with Crippen LogP contribution >= 0.6 is 24.0 Å². The van der Waals surface area contributed by atoms with Crippen LogP contribution in [0.2, 0.25) is 5.02 Å². The highest BCUT2D eigenvalue weighted by molar-refractivity contribution is 6.30. The molecule has 2 unspecified atom stereocenters. The van der Waals surface area contributed by atoms with Gasteiger partial charge in [-0.2, -0.15) is 0 Å². The monoisotopic (exact) mass is 291 g/mol. The maximum Gasteiger partial charge on any atom is 0.0978 e. The number of nitrogens with zero attached hydrogens (tertiary/aromatic N) is 1. The molecule has 18 heavy (non-hydrogen) atoms. The first-order chi connectivity index (χ1) is 8.22. The van der Waals surface area contributed by atoms with Gasteiger partial charge in [-0.05, 0) is 24.6 Å². The van der Waals surface area contributed by atoms with Crippen molar-refractivity contribution in [3.05, 3.63) is 34.9 Å². The van der Waals surface area contributed by atoms with Crippen molar-refractivity contribution in [3.63, 3.8) is 0 Å². The summed E-state index contributed by atoms with van der Waals surface area (Å²) < 4.78 is 5.83. The van der Waals surface area contributed by atoms with E-state index in [1.807, 2.05) is 24.3 Å². The maximum absolute atomic E-state index is 9.03. The molecule has 0 aliphatic carbocycles. The number of hydrogen-bond acceptors (Lipinski definition) is 3. The van der Waals surface area contributed by atoms with E-state index >= 15 is 0 Å². The molecular formula is C13H19Cl2NO2. The van der Waals surface area contributed by atoms with Gasteiger partial charge in [0.1, 0.15) is 0 Å². The van der Waals surface area contributed by atoms with Gasteiger partial charge in [-0.25, -0.2) is 0 Å². The van der Waals surface area contributed by atoms with Gasteiger partial charge in [0.25, 0.3) is 0 Å². The number of halogens is 2. The second-order valence-corrected chi connectivity index (χ2v) is 4.78. The topological polar surface area (TPSA) is 32.7 Å². The lowest BCUT2D eigenvalue weighted by Crippen LogP contribution is -2.46. The molecule has 3 nitrogen and oxygen atoms in total. The molecule has 0 spiro atoms. The van der Waals surface area contributed by atoms with E-state index in [4.69, 9.17) is 21.4 Å². The number of aliphatic hydroxyl groups excluding tert-OH is 1. The van der Waals surface area contributed by atoms with Crippen LogP contribution in [-0.2, 0) is 4.74 Å². The highest BCUT2D eigenvalue weighted by Gasteiger charge is 2.29. The van der Waals surface area contributed by atoms with Crippen LogP contribution in [0.5, 0.6) is 0 Å². The lowest BCUT2D eigenvalue weighted by molar-refractivity contribution is -0.0703. The molecule has 102 valence electrons. The summed E-state index contributed by atoms with van der Waals surface area (Å²) in [5.74, 6) is 0.